The minimum Gasteiger partial charge on any atom is -0.495 e. The maximum Gasteiger partial charge on any atom is 0.317 e. The van der Waals surface area contributed by atoms with Gasteiger partial charge in [0.25, 0.3) is 0 Å². The Morgan fingerprint density at radius 1 is 1.22 bits per heavy atom. The van der Waals surface area contributed by atoms with E-state index in [1.165, 1.54) is 5.56 Å². The fourth-order valence-electron chi connectivity index (χ4n) is 2.72. The van der Waals surface area contributed by atoms with Crippen molar-refractivity contribution in [2.45, 2.75) is 13.3 Å². The molecule has 0 aliphatic carbocycles. The number of carbonyl (C=O) groups excluding carboxylic acids is 1. The van der Waals surface area contributed by atoms with Crippen molar-refractivity contribution >= 4 is 11.7 Å². The monoisotopic (exact) mass is 321 g/mol. The van der Waals surface area contributed by atoms with Crippen molar-refractivity contribution in [1.29, 1.82) is 0 Å². The minimum atomic E-state index is 0.0111. The first-order valence-corrected chi connectivity index (χ1v) is 8.07. The molecule has 1 aromatic rings. The smallest absolute Gasteiger partial charge is 0.317 e. The van der Waals surface area contributed by atoms with Crippen LogP contribution in [0.4, 0.5) is 10.5 Å². The summed E-state index contributed by atoms with van der Waals surface area (Å²) in [5.41, 5.74) is 2.31. The second kappa shape index (κ2) is 8.62. The third-order valence-electron chi connectivity index (χ3n) is 4.04. The summed E-state index contributed by atoms with van der Waals surface area (Å²) >= 11 is 0. The number of nitrogens with zero attached hydrogens (tertiary/aromatic N) is 2. The molecule has 6 nitrogen and oxygen atoms in total. The van der Waals surface area contributed by atoms with Crippen LogP contribution >= 0.6 is 0 Å². The van der Waals surface area contributed by atoms with Crippen molar-refractivity contribution in [3.63, 3.8) is 0 Å². The first-order valence-electron chi connectivity index (χ1n) is 8.07. The zero-order valence-electron chi connectivity index (χ0n) is 14.3. The number of benzene rings is 1. The van der Waals surface area contributed by atoms with E-state index in [9.17, 15) is 4.79 Å². The first kappa shape index (κ1) is 17.4. The summed E-state index contributed by atoms with van der Waals surface area (Å²) in [5, 5.41) is 2.94. The quantitative estimate of drug-likeness (QED) is 0.813. The summed E-state index contributed by atoms with van der Waals surface area (Å²) in [7, 11) is 3.36. The number of nitrogens with one attached hydrogen (secondary N) is 1. The van der Waals surface area contributed by atoms with Crippen LogP contribution in [0.25, 0.3) is 0 Å². The normalized spacial score (nSPS) is 14.7. The average Bonchev–Trinajstić information content (AvgIpc) is 2.58. The number of aryl methyl sites for hydroxylation is 1. The number of anilines is 1. The van der Waals surface area contributed by atoms with Crippen LogP contribution < -0.4 is 15.0 Å². The number of ether oxygens (including phenoxy) is 2. The lowest BCUT2D eigenvalue weighted by Gasteiger charge is -2.36. The van der Waals surface area contributed by atoms with Crippen LogP contribution in [0.1, 0.15) is 12.0 Å². The van der Waals surface area contributed by atoms with Gasteiger partial charge in [-0.3, -0.25) is 0 Å². The summed E-state index contributed by atoms with van der Waals surface area (Å²) in [6, 6.07) is 6.20. The minimum absolute atomic E-state index is 0.0111. The molecular formula is C17H27N3O3. The second-order valence-corrected chi connectivity index (χ2v) is 5.73. The SMILES string of the molecule is COCCCNC(=O)N1CCN(c2cc(C)ccc2OC)CC1. The molecule has 0 bridgehead atoms. The third-order valence-corrected chi connectivity index (χ3v) is 4.04. The summed E-state index contributed by atoms with van der Waals surface area (Å²) in [6.45, 7) is 6.45. The second-order valence-electron chi connectivity index (χ2n) is 5.73. The Balaban J connectivity index is 1.86. The van der Waals surface area contributed by atoms with Crippen molar-refractivity contribution in [2.75, 3.05) is 58.5 Å². The molecule has 0 spiro atoms. The summed E-state index contributed by atoms with van der Waals surface area (Å²) in [4.78, 5) is 16.3. The van der Waals surface area contributed by atoms with Crippen molar-refractivity contribution in [3.8, 4) is 5.75 Å². The van der Waals surface area contributed by atoms with E-state index < -0.39 is 0 Å². The van der Waals surface area contributed by atoms with E-state index in [1.807, 2.05) is 17.0 Å². The van der Waals surface area contributed by atoms with E-state index in [2.05, 4.69) is 23.2 Å². The molecule has 128 valence electrons. The number of rotatable bonds is 6. The van der Waals surface area contributed by atoms with E-state index in [-0.39, 0.29) is 6.03 Å². The van der Waals surface area contributed by atoms with Gasteiger partial charge in [-0.05, 0) is 31.0 Å². The van der Waals surface area contributed by atoms with Gasteiger partial charge in [0.05, 0.1) is 12.8 Å². The van der Waals surface area contributed by atoms with Crippen LogP contribution in [0.5, 0.6) is 5.75 Å². The highest BCUT2D eigenvalue weighted by Gasteiger charge is 2.22. The van der Waals surface area contributed by atoms with Gasteiger partial charge in [-0.25, -0.2) is 4.79 Å². The molecule has 0 radical (unpaired) electrons. The van der Waals surface area contributed by atoms with Crippen molar-refractivity contribution < 1.29 is 14.3 Å². The molecule has 1 N–H and O–H groups in total. The Labute approximate surface area is 138 Å². The van der Waals surface area contributed by atoms with Crippen LogP contribution in [0.2, 0.25) is 0 Å². The lowest BCUT2D eigenvalue weighted by Crippen LogP contribution is -2.52. The molecule has 0 saturated carbocycles. The van der Waals surface area contributed by atoms with Crippen molar-refractivity contribution in [3.05, 3.63) is 23.8 Å². The molecule has 2 rings (SSSR count). The number of piperazine rings is 1. The van der Waals surface area contributed by atoms with E-state index in [4.69, 9.17) is 9.47 Å². The van der Waals surface area contributed by atoms with Crippen LogP contribution in [-0.4, -0.2) is 64.5 Å². The van der Waals surface area contributed by atoms with Crippen molar-refractivity contribution in [1.82, 2.24) is 10.2 Å². The van der Waals surface area contributed by atoms with E-state index in [1.54, 1.807) is 14.2 Å². The van der Waals surface area contributed by atoms with E-state index >= 15 is 0 Å². The number of amides is 2. The Kier molecular flexibility index (Phi) is 6.52. The topological polar surface area (TPSA) is 54.0 Å². The average molecular weight is 321 g/mol. The molecule has 0 unspecified atom stereocenters. The van der Waals surface area contributed by atoms with Gasteiger partial charge in [-0.2, -0.15) is 0 Å². The zero-order chi connectivity index (χ0) is 16.7. The fourth-order valence-corrected chi connectivity index (χ4v) is 2.72. The van der Waals surface area contributed by atoms with E-state index in [0.29, 0.717) is 26.2 Å². The van der Waals surface area contributed by atoms with Gasteiger partial charge in [0.1, 0.15) is 5.75 Å². The van der Waals surface area contributed by atoms with Gasteiger partial charge in [0, 0.05) is 46.4 Å². The summed E-state index contributed by atoms with van der Waals surface area (Å²) in [5.74, 6) is 0.882. The maximum atomic E-state index is 12.1. The number of hydrogen-bond donors (Lipinski definition) is 1. The van der Waals surface area contributed by atoms with Gasteiger partial charge in [-0.1, -0.05) is 6.07 Å². The highest BCUT2D eigenvalue weighted by molar-refractivity contribution is 5.74. The fraction of sp³-hybridized carbons (Fsp3) is 0.588. The Hall–Kier alpha value is -1.95. The molecule has 2 amide bonds. The van der Waals surface area contributed by atoms with Gasteiger partial charge < -0.3 is 24.6 Å². The maximum absolute atomic E-state index is 12.1. The number of methoxy groups -OCH3 is 2. The summed E-state index contributed by atoms with van der Waals surface area (Å²) in [6.07, 6.45) is 0.836. The molecule has 0 atom stereocenters. The van der Waals surface area contributed by atoms with E-state index in [0.717, 1.165) is 30.9 Å². The van der Waals surface area contributed by atoms with Crippen LogP contribution in [0, 0.1) is 6.92 Å². The standard InChI is InChI=1S/C17H27N3O3/c1-14-5-6-16(23-3)15(13-14)19-8-10-20(11-9-19)17(21)18-7-4-12-22-2/h5-6,13H,4,7-12H2,1-3H3,(H,18,21). The highest BCUT2D eigenvalue weighted by atomic mass is 16.5. The first-order chi connectivity index (χ1) is 11.2. The predicted octanol–water partition coefficient (Wildman–Crippen LogP) is 1.87. The number of carbonyl (C=O) groups is 1. The third kappa shape index (κ3) is 4.76. The molecule has 1 aliphatic heterocycles. The van der Waals surface area contributed by atoms with Gasteiger partial charge in [0.2, 0.25) is 0 Å². The zero-order valence-corrected chi connectivity index (χ0v) is 14.3. The van der Waals surface area contributed by atoms with Gasteiger partial charge >= 0.3 is 6.03 Å². The molecule has 1 heterocycles. The lowest BCUT2D eigenvalue weighted by molar-refractivity contribution is 0.183. The van der Waals surface area contributed by atoms with Crippen LogP contribution in [0.15, 0.2) is 18.2 Å². The number of urea groups is 1. The van der Waals surface area contributed by atoms with Crippen LogP contribution in [-0.2, 0) is 4.74 Å². The molecule has 23 heavy (non-hydrogen) atoms. The molecule has 6 heteroatoms. The number of hydrogen-bond acceptors (Lipinski definition) is 4. The Bertz CT molecular complexity index is 514. The van der Waals surface area contributed by atoms with Crippen LogP contribution in [0.3, 0.4) is 0 Å². The van der Waals surface area contributed by atoms with Gasteiger partial charge in [0.15, 0.2) is 0 Å². The molecule has 1 aliphatic rings. The molecule has 1 saturated heterocycles. The predicted molar refractivity (Wildman–Crippen MR) is 91.4 cm³/mol. The Morgan fingerprint density at radius 3 is 2.61 bits per heavy atom. The largest absolute Gasteiger partial charge is 0.495 e. The molecule has 0 aromatic heterocycles. The molecule has 1 fully saturated rings. The molecular weight excluding hydrogens is 294 g/mol. The highest BCUT2D eigenvalue weighted by Crippen LogP contribution is 2.29. The lowest BCUT2D eigenvalue weighted by atomic mass is 10.1. The summed E-state index contributed by atoms with van der Waals surface area (Å²) < 4.78 is 10.4. The van der Waals surface area contributed by atoms with Gasteiger partial charge in [-0.15, -0.1) is 0 Å². The Morgan fingerprint density at radius 2 is 1.96 bits per heavy atom. The van der Waals surface area contributed by atoms with Crippen molar-refractivity contribution in [2.24, 2.45) is 0 Å². The molecule has 1 aromatic carbocycles.